The van der Waals surface area contributed by atoms with E-state index < -0.39 is 0 Å². The molecule has 0 radical (unpaired) electrons. The minimum atomic E-state index is 0.959. The second kappa shape index (κ2) is 2.73. The van der Waals surface area contributed by atoms with Crippen LogP contribution in [0.5, 0.6) is 0 Å². The van der Waals surface area contributed by atoms with Gasteiger partial charge in [0.2, 0.25) is 0 Å². The number of rotatable bonds is 0. The first-order valence-corrected chi connectivity index (χ1v) is 4.32. The summed E-state index contributed by atoms with van der Waals surface area (Å²) >= 11 is 2.18. The normalized spacial score (nSPS) is 10.3. The number of hydrogen-bond acceptors (Lipinski definition) is 2. The summed E-state index contributed by atoms with van der Waals surface area (Å²) in [5, 5.41) is 10.1. The third-order valence-corrected chi connectivity index (χ3v) is 2.32. The Morgan fingerprint density at radius 2 is 2.00 bits per heavy atom. The highest BCUT2D eigenvalue weighted by molar-refractivity contribution is 14.1. The molecule has 0 atom stereocenters. The van der Waals surface area contributed by atoms with Gasteiger partial charge >= 0.3 is 0 Å². The van der Waals surface area contributed by atoms with Crippen LogP contribution in [-0.4, -0.2) is 10.2 Å². The number of fused-ring (bicyclic) bond motifs is 1. The van der Waals surface area contributed by atoms with E-state index in [0.717, 1.165) is 9.09 Å². The van der Waals surface area contributed by atoms with Crippen molar-refractivity contribution in [2.45, 2.75) is 0 Å². The van der Waals surface area contributed by atoms with Gasteiger partial charge in [0, 0.05) is 10.8 Å². The zero-order valence-corrected chi connectivity index (χ0v) is 7.82. The fraction of sp³-hybridized carbons (Fsp3) is 0. The molecule has 0 amide bonds. The van der Waals surface area contributed by atoms with Crippen LogP contribution in [0.25, 0.3) is 10.8 Å². The minimum Gasteiger partial charge on any atom is -0.157 e. The van der Waals surface area contributed by atoms with Crippen molar-refractivity contribution in [2.75, 3.05) is 0 Å². The Bertz CT molecular complexity index is 381. The summed E-state index contributed by atoms with van der Waals surface area (Å²) in [7, 11) is 0. The van der Waals surface area contributed by atoms with Gasteiger partial charge in [0.05, 0.1) is 6.20 Å². The average Bonchev–Trinajstić information content (AvgIpc) is 2.06. The maximum Gasteiger partial charge on any atom is 0.131 e. The smallest absolute Gasteiger partial charge is 0.131 e. The first-order chi connectivity index (χ1) is 5.38. The highest BCUT2D eigenvalue weighted by Gasteiger charge is 1.96. The summed E-state index contributed by atoms with van der Waals surface area (Å²) in [6.07, 6.45) is 1.78. The van der Waals surface area contributed by atoms with Crippen molar-refractivity contribution in [1.82, 2.24) is 10.2 Å². The average molecular weight is 256 g/mol. The molecule has 0 bridgehead atoms. The Balaban J connectivity index is 2.91. The number of aromatic nitrogens is 2. The Hall–Kier alpha value is -0.710. The van der Waals surface area contributed by atoms with Crippen LogP contribution in [0.15, 0.2) is 30.5 Å². The van der Waals surface area contributed by atoms with Crippen molar-refractivity contribution in [3.63, 3.8) is 0 Å². The fourth-order valence-corrected chi connectivity index (χ4v) is 1.61. The van der Waals surface area contributed by atoms with E-state index in [4.69, 9.17) is 0 Å². The molecular weight excluding hydrogens is 251 g/mol. The minimum absolute atomic E-state index is 0.959. The van der Waals surface area contributed by atoms with Crippen LogP contribution in [0, 0.1) is 3.70 Å². The van der Waals surface area contributed by atoms with Crippen molar-refractivity contribution in [3.8, 4) is 0 Å². The highest BCUT2D eigenvalue weighted by atomic mass is 127. The standard InChI is InChI=1S/C8H5IN2/c9-8-7-4-2-1-3-6(7)5-10-11-8/h1-5H. The van der Waals surface area contributed by atoms with E-state index in [0.29, 0.717) is 0 Å². The third kappa shape index (κ3) is 1.20. The van der Waals surface area contributed by atoms with Crippen LogP contribution in [0.4, 0.5) is 0 Å². The molecule has 2 aromatic rings. The summed E-state index contributed by atoms with van der Waals surface area (Å²) in [6.45, 7) is 0. The molecule has 0 N–H and O–H groups in total. The van der Waals surface area contributed by atoms with Gasteiger partial charge in [-0.2, -0.15) is 5.10 Å². The van der Waals surface area contributed by atoms with Crippen LogP contribution < -0.4 is 0 Å². The van der Waals surface area contributed by atoms with E-state index >= 15 is 0 Å². The van der Waals surface area contributed by atoms with Crippen LogP contribution in [-0.2, 0) is 0 Å². The monoisotopic (exact) mass is 256 g/mol. The van der Waals surface area contributed by atoms with E-state index in [1.165, 1.54) is 5.39 Å². The molecule has 0 saturated heterocycles. The molecule has 2 rings (SSSR count). The molecule has 2 nitrogen and oxygen atoms in total. The van der Waals surface area contributed by atoms with Crippen LogP contribution >= 0.6 is 22.6 Å². The van der Waals surface area contributed by atoms with Gasteiger partial charge in [-0.15, -0.1) is 5.10 Å². The lowest BCUT2D eigenvalue weighted by Crippen LogP contribution is -1.85. The van der Waals surface area contributed by atoms with E-state index in [2.05, 4.69) is 32.8 Å². The van der Waals surface area contributed by atoms with Gasteiger partial charge in [0.15, 0.2) is 0 Å². The van der Waals surface area contributed by atoms with E-state index in [1.54, 1.807) is 6.20 Å². The van der Waals surface area contributed by atoms with Crippen LogP contribution in [0.2, 0.25) is 0 Å². The first-order valence-electron chi connectivity index (χ1n) is 3.24. The molecule has 1 aromatic heterocycles. The molecule has 1 aromatic carbocycles. The summed E-state index contributed by atoms with van der Waals surface area (Å²) in [5.41, 5.74) is 0. The molecule has 1 heterocycles. The Kier molecular flexibility index (Phi) is 1.73. The lowest BCUT2D eigenvalue weighted by atomic mass is 10.2. The molecule has 0 aliphatic heterocycles. The molecule has 11 heavy (non-hydrogen) atoms. The number of benzene rings is 1. The Morgan fingerprint density at radius 3 is 2.82 bits per heavy atom. The first kappa shape index (κ1) is 6.97. The van der Waals surface area contributed by atoms with Gasteiger partial charge < -0.3 is 0 Å². The maximum absolute atomic E-state index is 3.94. The highest BCUT2D eigenvalue weighted by Crippen LogP contribution is 2.15. The summed E-state index contributed by atoms with van der Waals surface area (Å²) in [4.78, 5) is 0. The summed E-state index contributed by atoms with van der Waals surface area (Å²) in [6, 6.07) is 8.09. The fourth-order valence-electron chi connectivity index (χ4n) is 0.993. The second-order valence-electron chi connectivity index (χ2n) is 2.22. The molecule has 0 aliphatic rings. The van der Waals surface area contributed by atoms with Crippen molar-refractivity contribution in [1.29, 1.82) is 0 Å². The lowest BCUT2D eigenvalue weighted by Gasteiger charge is -1.95. The lowest BCUT2D eigenvalue weighted by molar-refractivity contribution is 1.02. The zero-order valence-electron chi connectivity index (χ0n) is 5.66. The molecule has 54 valence electrons. The number of halogens is 1. The van der Waals surface area contributed by atoms with Crippen molar-refractivity contribution in [3.05, 3.63) is 34.2 Å². The topological polar surface area (TPSA) is 25.8 Å². The Labute approximate surface area is 77.8 Å². The quantitative estimate of drug-likeness (QED) is 0.675. The SMILES string of the molecule is Ic1nncc2ccccc12. The molecule has 0 unspecified atom stereocenters. The van der Waals surface area contributed by atoms with Gasteiger partial charge in [0.1, 0.15) is 3.70 Å². The van der Waals surface area contributed by atoms with Gasteiger partial charge in [0.25, 0.3) is 0 Å². The predicted octanol–water partition coefficient (Wildman–Crippen LogP) is 2.23. The molecule has 0 saturated carbocycles. The molecule has 0 aliphatic carbocycles. The summed E-state index contributed by atoms with van der Waals surface area (Å²) < 4.78 is 0.959. The maximum atomic E-state index is 3.94. The van der Waals surface area contributed by atoms with Crippen molar-refractivity contribution in [2.24, 2.45) is 0 Å². The largest absolute Gasteiger partial charge is 0.157 e. The molecular formula is C8H5IN2. The van der Waals surface area contributed by atoms with Crippen LogP contribution in [0.1, 0.15) is 0 Å². The van der Waals surface area contributed by atoms with E-state index in [-0.39, 0.29) is 0 Å². The van der Waals surface area contributed by atoms with Crippen LogP contribution in [0.3, 0.4) is 0 Å². The zero-order chi connectivity index (χ0) is 7.68. The second-order valence-corrected chi connectivity index (χ2v) is 3.24. The number of nitrogens with zero attached hydrogens (tertiary/aromatic N) is 2. The predicted molar refractivity (Wildman–Crippen MR) is 52.3 cm³/mol. The van der Waals surface area contributed by atoms with Gasteiger partial charge in [-0.3, -0.25) is 0 Å². The number of hydrogen-bond donors (Lipinski definition) is 0. The molecule has 0 fully saturated rings. The van der Waals surface area contributed by atoms with Gasteiger partial charge in [-0.05, 0) is 22.6 Å². The molecule has 0 spiro atoms. The third-order valence-electron chi connectivity index (χ3n) is 1.53. The van der Waals surface area contributed by atoms with Gasteiger partial charge in [-0.25, -0.2) is 0 Å². The van der Waals surface area contributed by atoms with E-state index in [1.807, 2.05) is 24.3 Å². The van der Waals surface area contributed by atoms with Crippen molar-refractivity contribution >= 4 is 33.4 Å². The Morgan fingerprint density at radius 1 is 1.18 bits per heavy atom. The van der Waals surface area contributed by atoms with Crippen molar-refractivity contribution < 1.29 is 0 Å². The molecule has 3 heteroatoms. The van der Waals surface area contributed by atoms with E-state index in [9.17, 15) is 0 Å². The summed E-state index contributed by atoms with van der Waals surface area (Å²) in [5.74, 6) is 0. The van der Waals surface area contributed by atoms with Gasteiger partial charge in [-0.1, -0.05) is 24.3 Å².